The zero-order valence-electron chi connectivity index (χ0n) is 11.8. The molecule has 20 heavy (non-hydrogen) atoms. The first-order chi connectivity index (χ1) is 9.38. The van der Waals surface area contributed by atoms with Crippen molar-refractivity contribution in [3.63, 3.8) is 0 Å². The van der Waals surface area contributed by atoms with Crippen molar-refractivity contribution in [1.82, 2.24) is 0 Å². The van der Waals surface area contributed by atoms with Crippen molar-refractivity contribution in [1.29, 1.82) is 5.41 Å². The van der Waals surface area contributed by atoms with Crippen molar-refractivity contribution in [2.45, 2.75) is 20.8 Å². The number of hydrogen-bond acceptors (Lipinski definition) is 2. The standard InChI is InChI=1S/C16H17FN2O/c1-9-6-10(2)11(3)15(7-9)20-14-5-4-12(17)8-13(14)16(18)19/h4-8H,1-3H3,(H3,18,19). The second-order valence-electron chi connectivity index (χ2n) is 4.86. The van der Waals surface area contributed by atoms with Gasteiger partial charge in [-0.25, -0.2) is 4.39 Å². The topological polar surface area (TPSA) is 59.1 Å². The highest BCUT2D eigenvalue weighted by Gasteiger charge is 2.11. The number of aryl methyl sites for hydroxylation is 2. The van der Waals surface area contributed by atoms with Gasteiger partial charge in [-0.05, 0) is 61.7 Å². The smallest absolute Gasteiger partial charge is 0.138 e. The van der Waals surface area contributed by atoms with Crippen LogP contribution in [0.5, 0.6) is 11.5 Å². The molecule has 3 N–H and O–H groups in total. The van der Waals surface area contributed by atoms with E-state index >= 15 is 0 Å². The Balaban J connectivity index is 2.48. The highest BCUT2D eigenvalue weighted by molar-refractivity contribution is 5.97. The first-order valence-corrected chi connectivity index (χ1v) is 6.28. The van der Waals surface area contributed by atoms with Gasteiger partial charge in [-0.2, -0.15) is 0 Å². The molecule has 0 amide bonds. The Morgan fingerprint density at radius 1 is 1.10 bits per heavy atom. The molecule has 0 spiro atoms. The molecule has 0 atom stereocenters. The molecule has 2 rings (SSSR count). The lowest BCUT2D eigenvalue weighted by atomic mass is 10.1. The minimum atomic E-state index is -0.445. The molecular weight excluding hydrogens is 255 g/mol. The Kier molecular flexibility index (Phi) is 3.74. The van der Waals surface area contributed by atoms with E-state index in [9.17, 15) is 4.39 Å². The Bertz CT molecular complexity index is 680. The van der Waals surface area contributed by atoms with Gasteiger partial charge in [0.25, 0.3) is 0 Å². The minimum Gasteiger partial charge on any atom is -0.456 e. The summed E-state index contributed by atoms with van der Waals surface area (Å²) in [6.07, 6.45) is 0. The van der Waals surface area contributed by atoms with Gasteiger partial charge in [0.1, 0.15) is 23.2 Å². The van der Waals surface area contributed by atoms with Gasteiger partial charge in [0, 0.05) is 0 Å². The molecule has 104 valence electrons. The Labute approximate surface area is 117 Å². The van der Waals surface area contributed by atoms with Crippen LogP contribution in [0.2, 0.25) is 0 Å². The van der Waals surface area contributed by atoms with Crippen molar-refractivity contribution >= 4 is 5.84 Å². The highest BCUT2D eigenvalue weighted by Crippen LogP contribution is 2.30. The average Bonchev–Trinajstić information content (AvgIpc) is 2.37. The molecule has 0 aliphatic carbocycles. The van der Waals surface area contributed by atoms with Crippen molar-refractivity contribution in [2.75, 3.05) is 0 Å². The fraction of sp³-hybridized carbons (Fsp3) is 0.188. The Hall–Kier alpha value is -2.36. The van der Waals surface area contributed by atoms with Gasteiger partial charge in [0.2, 0.25) is 0 Å². The third kappa shape index (κ3) is 2.79. The van der Waals surface area contributed by atoms with Gasteiger partial charge >= 0.3 is 0 Å². The summed E-state index contributed by atoms with van der Waals surface area (Å²) >= 11 is 0. The van der Waals surface area contributed by atoms with Crippen molar-refractivity contribution in [3.8, 4) is 11.5 Å². The summed E-state index contributed by atoms with van der Waals surface area (Å²) in [6, 6.07) is 7.97. The molecule has 0 unspecified atom stereocenters. The predicted octanol–water partition coefficient (Wildman–Crippen LogP) is 3.83. The second kappa shape index (κ2) is 5.33. The van der Waals surface area contributed by atoms with Gasteiger partial charge in [-0.3, -0.25) is 5.41 Å². The van der Waals surface area contributed by atoms with Crippen LogP contribution in [-0.4, -0.2) is 5.84 Å². The SMILES string of the molecule is Cc1cc(C)c(C)c(Oc2ccc(F)cc2C(=N)N)c1. The third-order valence-electron chi connectivity index (χ3n) is 3.22. The quantitative estimate of drug-likeness (QED) is 0.659. The molecular formula is C16H17FN2O. The first-order valence-electron chi connectivity index (χ1n) is 6.28. The molecule has 0 radical (unpaired) electrons. The molecule has 2 aromatic carbocycles. The van der Waals surface area contributed by atoms with E-state index in [1.807, 2.05) is 26.8 Å². The second-order valence-corrected chi connectivity index (χ2v) is 4.86. The molecule has 3 nitrogen and oxygen atoms in total. The number of benzene rings is 2. The van der Waals surface area contributed by atoms with E-state index < -0.39 is 5.82 Å². The van der Waals surface area contributed by atoms with Crippen LogP contribution in [0.25, 0.3) is 0 Å². The van der Waals surface area contributed by atoms with Crippen molar-refractivity contribution in [3.05, 3.63) is 58.4 Å². The van der Waals surface area contributed by atoms with Crippen LogP contribution in [0.1, 0.15) is 22.3 Å². The molecule has 0 saturated heterocycles. The van der Waals surface area contributed by atoms with Crippen molar-refractivity contribution < 1.29 is 9.13 Å². The van der Waals surface area contributed by atoms with E-state index in [1.165, 1.54) is 18.2 Å². The fourth-order valence-corrected chi connectivity index (χ4v) is 2.03. The van der Waals surface area contributed by atoms with Gasteiger partial charge in [-0.1, -0.05) is 6.07 Å². The van der Waals surface area contributed by atoms with Gasteiger partial charge in [0.15, 0.2) is 0 Å². The summed E-state index contributed by atoms with van der Waals surface area (Å²) in [7, 11) is 0. The third-order valence-corrected chi connectivity index (χ3v) is 3.22. The number of hydrogen-bond donors (Lipinski definition) is 2. The molecule has 4 heteroatoms. The molecule has 0 aliphatic heterocycles. The minimum absolute atomic E-state index is 0.221. The van der Waals surface area contributed by atoms with E-state index in [0.717, 1.165) is 16.7 Å². The summed E-state index contributed by atoms with van der Waals surface area (Å²) in [6.45, 7) is 5.95. The number of halogens is 1. The lowest BCUT2D eigenvalue weighted by molar-refractivity contribution is 0.474. The highest BCUT2D eigenvalue weighted by atomic mass is 19.1. The van der Waals surface area contributed by atoms with Crippen molar-refractivity contribution in [2.24, 2.45) is 5.73 Å². The lowest BCUT2D eigenvalue weighted by Crippen LogP contribution is -2.12. The Morgan fingerprint density at radius 3 is 2.45 bits per heavy atom. The molecule has 0 bridgehead atoms. The zero-order valence-corrected chi connectivity index (χ0v) is 11.8. The largest absolute Gasteiger partial charge is 0.456 e. The van der Waals surface area contributed by atoms with Crippen LogP contribution in [0.3, 0.4) is 0 Å². The molecule has 2 aromatic rings. The maximum Gasteiger partial charge on any atom is 0.138 e. The molecule has 0 fully saturated rings. The van der Waals surface area contributed by atoms with Crippen LogP contribution >= 0.6 is 0 Å². The van der Waals surface area contributed by atoms with Crippen LogP contribution < -0.4 is 10.5 Å². The van der Waals surface area contributed by atoms with Gasteiger partial charge < -0.3 is 10.5 Å². The number of nitrogens with two attached hydrogens (primary N) is 1. The predicted molar refractivity (Wildman–Crippen MR) is 78.1 cm³/mol. The fourth-order valence-electron chi connectivity index (χ4n) is 2.03. The van der Waals surface area contributed by atoms with Crippen LogP contribution in [-0.2, 0) is 0 Å². The summed E-state index contributed by atoms with van der Waals surface area (Å²) in [5.74, 6) is 0.407. The molecule has 0 aliphatic rings. The average molecular weight is 272 g/mol. The number of nitrogen functional groups attached to an aromatic ring is 1. The number of ether oxygens (including phenoxy) is 1. The monoisotopic (exact) mass is 272 g/mol. The van der Waals surface area contributed by atoms with Gasteiger partial charge in [0.05, 0.1) is 5.56 Å². The maximum atomic E-state index is 13.2. The molecule has 0 aromatic heterocycles. The van der Waals surface area contributed by atoms with Crippen LogP contribution in [0.15, 0.2) is 30.3 Å². The van der Waals surface area contributed by atoms with E-state index in [0.29, 0.717) is 11.5 Å². The summed E-state index contributed by atoms with van der Waals surface area (Å²) < 4.78 is 19.1. The molecule has 0 saturated carbocycles. The number of amidine groups is 1. The van der Waals surface area contributed by atoms with Gasteiger partial charge in [-0.15, -0.1) is 0 Å². The number of rotatable bonds is 3. The summed E-state index contributed by atoms with van der Waals surface area (Å²) in [5.41, 5.74) is 8.93. The number of nitrogens with one attached hydrogen (secondary N) is 1. The Morgan fingerprint density at radius 2 is 1.80 bits per heavy atom. The lowest BCUT2D eigenvalue weighted by Gasteiger charge is -2.14. The summed E-state index contributed by atoms with van der Waals surface area (Å²) in [5, 5.41) is 7.51. The molecule has 0 heterocycles. The van der Waals surface area contributed by atoms with E-state index in [-0.39, 0.29) is 11.4 Å². The first kappa shape index (κ1) is 14.1. The maximum absolute atomic E-state index is 13.2. The zero-order chi connectivity index (χ0) is 14.9. The van der Waals surface area contributed by atoms with E-state index in [1.54, 1.807) is 0 Å². The van der Waals surface area contributed by atoms with Crippen LogP contribution in [0, 0.1) is 32.0 Å². The summed E-state index contributed by atoms with van der Waals surface area (Å²) in [4.78, 5) is 0. The van der Waals surface area contributed by atoms with E-state index in [2.05, 4.69) is 6.07 Å². The normalized spacial score (nSPS) is 10.4. The van der Waals surface area contributed by atoms with E-state index in [4.69, 9.17) is 15.9 Å². The van der Waals surface area contributed by atoms with Crippen LogP contribution in [0.4, 0.5) is 4.39 Å².